The Bertz CT molecular complexity index is 3110. The second-order valence-electron chi connectivity index (χ2n) is 15.3. The van der Waals surface area contributed by atoms with Crippen molar-refractivity contribution in [2.24, 2.45) is 0 Å². The maximum atomic E-state index is 7.04. The number of rotatable bonds is 3. The van der Waals surface area contributed by atoms with Gasteiger partial charge in [-0.15, -0.1) is 21.9 Å². The Morgan fingerprint density at radius 3 is 1.50 bits per heavy atom. The van der Waals surface area contributed by atoms with Gasteiger partial charge in [0.2, 0.25) is 0 Å². The van der Waals surface area contributed by atoms with E-state index in [1.54, 1.807) is 0 Å². The lowest BCUT2D eigenvalue weighted by Crippen LogP contribution is -2.50. The van der Waals surface area contributed by atoms with Crippen LogP contribution in [0.3, 0.4) is 0 Å². The molecule has 242 valence electrons. The van der Waals surface area contributed by atoms with Crippen LogP contribution < -0.4 is 43.7 Å². The van der Waals surface area contributed by atoms with Crippen molar-refractivity contribution in [1.29, 1.82) is 0 Å². The summed E-state index contributed by atoms with van der Waals surface area (Å²) in [4.78, 5) is 0. The second kappa shape index (κ2) is 12.3. The molecule has 1 nitrogen and oxygen atoms in total. The summed E-state index contributed by atoms with van der Waals surface area (Å²) in [6, 6.07) is 37.3. The smallest absolute Gasteiger partial charge is 0.136 e. The summed E-state index contributed by atoms with van der Waals surface area (Å²) in [5.41, 5.74) is 13.1. The first-order chi connectivity index (χ1) is 26.9. The van der Waals surface area contributed by atoms with E-state index < -0.39 is 0 Å². The highest BCUT2D eigenvalue weighted by molar-refractivity contribution is 6.71. The number of para-hydroxylation sites is 1. The van der Waals surface area contributed by atoms with Crippen LogP contribution in [0.1, 0.15) is 25.0 Å². The predicted molar refractivity (Wildman–Crippen MR) is 246 cm³/mol. The highest BCUT2D eigenvalue weighted by Crippen LogP contribution is 2.50. The molecule has 1 aliphatic rings. The molecule has 0 fully saturated rings. The standard InChI is InChI=1S/C47H24B8O/c1-47(2)28-11-5-3-8-24(28)25-19-18-23(20-29(25)47)21-14-16-22(17-15-21)32-35-37(41(50)45(54)43(52)39(35)48)34(38-36(32)40(49)44(53)46(55)42(38)51)27-10-7-13-31-33(27)26-9-4-6-12-30(26)56-31/h3-20H,1-2H3. The third-order valence-electron chi connectivity index (χ3n) is 12.1. The molecule has 0 bridgehead atoms. The van der Waals surface area contributed by atoms with E-state index in [1.165, 1.54) is 22.3 Å². The first-order valence-electron chi connectivity index (χ1n) is 18.4. The van der Waals surface area contributed by atoms with E-state index in [2.05, 4.69) is 68.4 Å². The number of hydrogen-bond acceptors (Lipinski definition) is 1. The summed E-state index contributed by atoms with van der Waals surface area (Å²) in [6.07, 6.45) is 0. The molecule has 0 spiro atoms. The van der Waals surface area contributed by atoms with Gasteiger partial charge in [0, 0.05) is 16.2 Å². The molecule has 1 aromatic heterocycles. The van der Waals surface area contributed by atoms with Crippen molar-refractivity contribution >= 4 is 150 Å². The summed E-state index contributed by atoms with van der Waals surface area (Å²) in [5.74, 6) is 0. The lowest BCUT2D eigenvalue weighted by atomic mass is 9.59. The molecule has 16 radical (unpaired) electrons. The molecule has 56 heavy (non-hydrogen) atoms. The summed E-state index contributed by atoms with van der Waals surface area (Å²) in [7, 11) is 54.8. The molecule has 1 aliphatic carbocycles. The normalized spacial score (nSPS) is 13.2. The highest BCUT2D eigenvalue weighted by atomic mass is 16.3. The minimum Gasteiger partial charge on any atom is -0.456 e. The van der Waals surface area contributed by atoms with Crippen molar-refractivity contribution in [3.63, 3.8) is 0 Å². The second-order valence-corrected chi connectivity index (χ2v) is 15.3. The Balaban J connectivity index is 1.29. The van der Waals surface area contributed by atoms with Gasteiger partial charge in [0.05, 0.1) is 0 Å². The van der Waals surface area contributed by atoms with E-state index in [0.29, 0.717) is 38.3 Å². The zero-order valence-corrected chi connectivity index (χ0v) is 30.9. The monoisotopic (exact) mass is 692 g/mol. The van der Waals surface area contributed by atoms with Gasteiger partial charge in [0.1, 0.15) is 73.9 Å². The molecule has 10 rings (SSSR count). The van der Waals surface area contributed by atoms with Crippen LogP contribution in [0.4, 0.5) is 0 Å². The van der Waals surface area contributed by atoms with Crippen LogP contribution in [0.25, 0.3) is 88.0 Å². The zero-order valence-electron chi connectivity index (χ0n) is 30.9. The molecule has 1 heterocycles. The molecular weight excluding hydrogens is 667 g/mol. The van der Waals surface area contributed by atoms with Gasteiger partial charge >= 0.3 is 0 Å². The SMILES string of the molecule is [B]c1c([B])c([B])c2c(-c3cccc4oc5ccccc5c34)c3c([B])c([B])c([B])c([B])c3c(-c3ccc(-c4ccc5c(c4)C(C)(C)c4ccccc4-5)cc3)c2c1[B]. The summed E-state index contributed by atoms with van der Waals surface area (Å²) in [5, 5.41) is 4.03. The fourth-order valence-electron chi connectivity index (χ4n) is 9.20. The summed E-state index contributed by atoms with van der Waals surface area (Å²) in [6.45, 7) is 4.56. The molecule has 9 aromatic rings. The van der Waals surface area contributed by atoms with E-state index in [1.807, 2.05) is 54.6 Å². The van der Waals surface area contributed by atoms with Gasteiger partial charge in [-0.2, -0.15) is 0 Å². The van der Waals surface area contributed by atoms with Gasteiger partial charge in [-0.1, -0.05) is 127 Å². The van der Waals surface area contributed by atoms with Crippen LogP contribution in [0, 0.1) is 0 Å². The van der Waals surface area contributed by atoms with Crippen molar-refractivity contribution < 1.29 is 4.42 Å². The van der Waals surface area contributed by atoms with Crippen molar-refractivity contribution in [3.8, 4) is 44.5 Å². The van der Waals surface area contributed by atoms with Crippen molar-refractivity contribution in [2.45, 2.75) is 19.3 Å². The lowest BCUT2D eigenvalue weighted by molar-refractivity contribution is 0.660. The van der Waals surface area contributed by atoms with E-state index >= 15 is 0 Å². The van der Waals surface area contributed by atoms with Crippen LogP contribution in [0.15, 0.2) is 114 Å². The molecule has 8 aromatic carbocycles. The molecule has 0 unspecified atom stereocenters. The first kappa shape index (κ1) is 35.0. The fraction of sp³-hybridized carbons (Fsp3) is 0.0638. The third-order valence-corrected chi connectivity index (χ3v) is 12.1. The molecule has 0 saturated carbocycles. The third kappa shape index (κ3) is 4.67. The van der Waals surface area contributed by atoms with Gasteiger partial charge in [0.15, 0.2) is 0 Å². The minimum absolute atomic E-state index is 0.132. The fourth-order valence-corrected chi connectivity index (χ4v) is 9.20. The Morgan fingerprint density at radius 2 is 0.857 bits per heavy atom. The Morgan fingerprint density at radius 1 is 0.375 bits per heavy atom. The van der Waals surface area contributed by atoms with Gasteiger partial charge in [0.25, 0.3) is 0 Å². The Kier molecular flexibility index (Phi) is 7.70. The van der Waals surface area contributed by atoms with Crippen molar-refractivity contribution in [2.75, 3.05) is 0 Å². The number of fused-ring (bicyclic) bond motifs is 8. The molecule has 9 heteroatoms. The number of benzene rings is 8. The topological polar surface area (TPSA) is 13.1 Å². The van der Waals surface area contributed by atoms with Crippen LogP contribution in [0.5, 0.6) is 0 Å². The van der Waals surface area contributed by atoms with Crippen LogP contribution in [-0.2, 0) is 5.41 Å². The van der Waals surface area contributed by atoms with Crippen LogP contribution >= 0.6 is 0 Å². The van der Waals surface area contributed by atoms with Crippen LogP contribution in [-0.4, -0.2) is 62.8 Å². The van der Waals surface area contributed by atoms with E-state index in [-0.39, 0.29) is 49.1 Å². The maximum Gasteiger partial charge on any atom is 0.136 e. The lowest BCUT2D eigenvalue weighted by Gasteiger charge is -2.28. The Labute approximate surface area is 336 Å². The quantitative estimate of drug-likeness (QED) is 0.204. The largest absolute Gasteiger partial charge is 0.456 e. The highest BCUT2D eigenvalue weighted by Gasteiger charge is 2.35. The summed E-state index contributed by atoms with van der Waals surface area (Å²) >= 11 is 0. The molecule has 0 N–H and O–H groups in total. The van der Waals surface area contributed by atoms with Crippen molar-refractivity contribution in [3.05, 3.63) is 120 Å². The minimum atomic E-state index is -0.132. The van der Waals surface area contributed by atoms with Gasteiger partial charge < -0.3 is 4.42 Å². The molecule has 0 amide bonds. The van der Waals surface area contributed by atoms with Gasteiger partial charge in [-0.25, -0.2) is 0 Å². The average molecular weight is 691 g/mol. The zero-order chi connectivity index (χ0) is 38.9. The van der Waals surface area contributed by atoms with Gasteiger partial charge in [-0.3, -0.25) is 0 Å². The van der Waals surface area contributed by atoms with Gasteiger partial charge in [-0.05, 0) is 95.4 Å². The molecule has 0 atom stereocenters. The van der Waals surface area contributed by atoms with Crippen LogP contribution in [0.2, 0.25) is 0 Å². The van der Waals surface area contributed by atoms with E-state index in [4.69, 9.17) is 67.2 Å². The average Bonchev–Trinajstić information content (AvgIpc) is 3.71. The Hall–Kier alpha value is -5.40. The van der Waals surface area contributed by atoms with E-state index in [0.717, 1.165) is 38.6 Å². The summed E-state index contributed by atoms with van der Waals surface area (Å²) < 4.78 is 6.32. The molecular formula is C47H24B8O. The number of hydrogen-bond donors (Lipinski definition) is 0. The predicted octanol–water partition coefficient (Wildman–Crippen LogP) is 3.55. The van der Waals surface area contributed by atoms with Crippen molar-refractivity contribution in [1.82, 2.24) is 0 Å². The number of furan rings is 1. The molecule has 0 aliphatic heterocycles. The maximum absolute atomic E-state index is 7.04. The molecule has 0 saturated heterocycles. The van der Waals surface area contributed by atoms with E-state index in [9.17, 15) is 0 Å². The first-order valence-corrected chi connectivity index (χ1v) is 18.4.